The zero-order valence-electron chi connectivity index (χ0n) is 13.3. The summed E-state index contributed by atoms with van der Waals surface area (Å²) in [6.07, 6.45) is 1.32. The summed E-state index contributed by atoms with van der Waals surface area (Å²) in [5, 5.41) is 9.75. The van der Waals surface area contributed by atoms with Crippen molar-refractivity contribution in [3.8, 4) is 11.5 Å². The quantitative estimate of drug-likeness (QED) is 0.698. The molecule has 2 N–H and O–H groups in total. The standard InChI is InChI=1S/C17H20ClNO4S/c1-13-7-9-14(10-8-13)23-12-3-2-11-19-24(21,22)16-6-4-5-15(18)17(16)20/h4-10,19-20H,2-3,11-12H2,1H3. The van der Waals surface area contributed by atoms with E-state index in [2.05, 4.69) is 4.72 Å². The molecule has 0 heterocycles. The molecule has 0 fully saturated rings. The summed E-state index contributed by atoms with van der Waals surface area (Å²) in [7, 11) is -3.78. The van der Waals surface area contributed by atoms with Gasteiger partial charge < -0.3 is 9.84 Å². The summed E-state index contributed by atoms with van der Waals surface area (Å²) in [5.41, 5.74) is 1.17. The number of aromatic hydroxyl groups is 1. The van der Waals surface area contributed by atoms with E-state index in [4.69, 9.17) is 16.3 Å². The van der Waals surface area contributed by atoms with Crippen molar-refractivity contribution in [2.75, 3.05) is 13.2 Å². The monoisotopic (exact) mass is 369 g/mol. The van der Waals surface area contributed by atoms with Crippen LogP contribution >= 0.6 is 11.6 Å². The summed E-state index contributed by atoms with van der Waals surface area (Å²) >= 11 is 5.73. The van der Waals surface area contributed by atoms with Crippen molar-refractivity contribution in [3.63, 3.8) is 0 Å². The van der Waals surface area contributed by atoms with Gasteiger partial charge in [0.05, 0.1) is 11.6 Å². The first-order valence-corrected chi connectivity index (χ1v) is 9.43. The zero-order valence-corrected chi connectivity index (χ0v) is 14.9. The number of hydrogen-bond donors (Lipinski definition) is 2. The Morgan fingerprint density at radius 1 is 1.12 bits per heavy atom. The van der Waals surface area contributed by atoms with Gasteiger partial charge in [0, 0.05) is 6.54 Å². The van der Waals surface area contributed by atoms with E-state index in [9.17, 15) is 13.5 Å². The second-order valence-corrected chi connectivity index (χ2v) is 7.50. The molecule has 5 nitrogen and oxygen atoms in total. The number of halogens is 1. The third kappa shape index (κ3) is 5.12. The molecule has 0 aliphatic heterocycles. The minimum atomic E-state index is -3.78. The van der Waals surface area contributed by atoms with Crippen molar-refractivity contribution in [2.45, 2.75) is 24.7 Å². The van der Waals surface area contributed by atoms with Gasteiger partial charge in [-0.3, -0.25) is 0 Å². The Kier molecular flexibility index (Phi) is 6.48. The van der Waals surface area contributed by atoms with Crippen LogP contribution in [0.25, 0.3) is 0 Å². The second-order valence-electron chi connectivity index (χ2n) is 5.35. The first-order chi connectivity index (χ1) is 11.4. The zero-order chi connectivity index (χ0) is 17.6. The van der Waals surface area contributed by atoms with Gasteiger partial charge in [-0.15, -0.1) is 0 Å². The Morgan fingerprint density at radius 3 is 2.54 bits per heavy atom. The lowest BCUT2D eigenvalue weighted by Gasteiger charge is -2.09. The van der Waals surface area contributed by atoms with Crippen LogP contribution in [0.1, 0.15) is 18.4 Å². The van der Waals surface area contributed by atoms with Gasteiger partial charge in [0.25, 0.3) is 0 Å². The molecular formula is C17H20ClNO4S. The number of phenols is 1. The van der Waals surface area contributed by atoms with E-state index in [1.54, 1.807) is 0 Å². The highest BCUT2D eigenvalue weighted by Gasteiger charge is 2.19. The minimum absolute atomic E-state index is 0.00405. The van der Waals surface area contributed by atoms with Crippen molar-refractivity contribution in [1.29, 1.82) is 0 Å². The van der Waals surface area contributed by atoms with E-state index in [1.165, 1.54) is 23.8 Å². The fraction of sp³-hybridized carbons (Fsp3) is 0.294. The minimum Gasteiger partial charge on any atom is -0.505 e. The van der Waals surface area contributed by atoms with E-state index in [1.807, 2.05) is 31.2 Å². The van der Waals surface area contributed by atoms with Crippen LogP contribution in [0.2, 0.25) is 5.02 Å². The van der Waals surface area contributed by atoms with Crippen molar-refractivity contribution < 1.29 is 18.3 Å². The van der Waals surface area contributed by atoms with E-state index >= 15 is 0 Å². The molecule has 7 heteroatoms. The molecule has 0 unspecified atom stereocenters. The van der Waals surface area contributed by atoms with Crippen LogP contribution in [-0.4, -0.2) is 26.7 Å². The second kappa shape index (κ2) is 8.37. The maximum absolute atomic E-state index is 12.1. The van der Waals surface area contributed by atoms with Gasteiger partial charge in [-0.1, -0.05) is 35.4 Å². The summed E-state index contributed by atoms with van der Waals surface area (Å²) < 4.78 is 32.3. The number of hydrogen-bond acceptors (Lipinski definition) is 4. The van der Waals surface area contributed by atoms with Crippen molar-refractivity contribution in [1.82, 2.24) is 4.72 Å². The Labute approximate surface area is 147 Å². The van der Waals surface area contributed by atoms with E-state index in [0.717, 1.165) is 5.75 Å². The molecule has 0 saturated heterocycles. The molecule has 0 spiro atoms. The Balaban J connectivity index is 1.75. The Morgan fingerprint density at radius 2 is 1.83 bits per heavy atom. The lowest BCUT2D eigenvalue weighted by atomic mass is 10.2. The van der Waals surface area contributed by atoms with Crippen LogP contribution in [0.4, 0.5) is 0 Å². The highest BCUT2D eigenvalue weighted by atomic mass is 35.5. The van der Waals surface area contributed by atoms with Crippen molar-refractivity contribution >= 4 is 21.6 Å². The maximum Gasteiger partial charge on any atom is 0.244 e. The largest absolute Gasteiger partial charge is 0.505 e. The smallest absolute Gasteiger partial charge is 0.244 e. The molecule has 0 radical (unpaired) electrons. The average molecular weight is 370 g/mol. The average Bonchev–Trinajstić information content (AvgIpc) is 2.55. The third-order valence-electron chi connectivity index (χ3n) is 3.39. The van der Waals surface area contributed by atoms with Crippen LogP contribution < -0.4 is 9.46 Å². The SMILES string of the molecule is Cc1ccc(OCCCCNS(=O)(=O)c2cccc(Cl)c2O)cc1. The van der Waals surface area contributed by atoms with E-state index < -0.39 is 15.8 Å². The number of phenolic OH excluding ortho intramolecular Hbond substituents is 1. The maximum atomic E-state index is 12.1. The van der Waals surface area contributed by atoms with Crippen LogP contribution in [0.5, 0.6) is 11.5 Å². The van der Waals surface area contributed by atoms with Crippen LogP contribution in [0, 0.1) is 6.92 Å². The fourth-order valence-corrected chi connectivity index (χ4v) is 3.47. The van der Waals surface area contributed by atoms with Crippen LogP contribution in [0.15, 0.2) is 47.4 Å². The first-order valence-electron chi connectivity index (χ1n) is 7.57. The van der Waals surface area contributed by atoms with Gasteiger partial charge >= 0.3 is 0 Å². The summed E-state index contributed by atoms with van der Waals surface area (Å²) in [6.45, 7) is 2.77. The lowest BCUT2D eigenvalue weighted by Crippen LogP contribution is -2.25. The number of unbranched alkanes of at least 4 members (excludes halogenated alkanes) is 1. The van der Waals surface area contributed by atoms with Crippen molar-refractivity contribution in [2.24, 2.45) is 0 Å². The van der Waals surface area contributed by atoms with Crippen LogP contribution in [-0.2, 0) is 10.0 Å². The van der Waals surface area contributed by atoms with Gasteiger partial charge in [0.15, 0.2) is 5.75 Å². The molecule has 0 amide bonds. The molecule has 0 aliphatic rings. The molecule has 0 aliphatic carbocycles. The Hall–Kier alpha value is -1.76. The molecule has 0 bridgehead atoms. The third-order valence-corrected chi connectivity index (χ3v) is 5.19. The number of ether oxygens (including phenoxy) is 1. The molecule has 2 aromatic carbocycles. The number of aryl methyl sites for hydroxylation is 1. The predicted molar refractivity (Wildman–Crippen MR) is 94.2 cm³/mol. The summed E-state index contributed by atoms with van der Waals surface area (Å²) in [5.74, 6) is 0.361. The number of para-hydroxylation sites is 1. The van der Waals surface area contributed by atoms with Crippen LogP contribution in [0.3, 0.4) is 0 Å². The molecule has 0 atom stereocenters. The summed E-state index contributed by atoms with van der Waals surface area (Å²) in [4.78, 5) is -0.217. The van der Waals surface area contributed by atoms with Gasteiger partial charge in [0.2, 0.25) is 10.0 Å². The summed E-state index contributed by atoms with van der Waals surface area (Å²) in [6, 6.07) is 12.0. The highest BCUT2D eigenvalue weighted by molar-refractivity contribution is 7.89. The normalized spacial score (nSPS) is 11.4. The molecular weight excluding hydrogens is 350 g/mol. The van der Waals surface area contributed by atoms with E-state index in [0.29, 0.717) is 19.4 Å². The molecule has 130 valence electrons. The highest BCUT2D eigenvalue weighted by Crippen LogP contribution is 2.30. The van der Waals surface area contributed by atoms with Gasteiger partial charge in [0.1, 0.15) is 10.6 Å². The number of rotatable bonds is 8. The van der Waals surface area contributed by atoms with Gasteiger partial charge in [-0.2, -0.15) is 0 Å². The van der Waals surface area contributed by atoms with E-state index in [-0.39, 0.29) is 16.5 Å². The first kappa shape index (κ1) is 18.6. The molecule has 0 saturated carbocycles. The number of sulfonamides is 1. The lowest BCUT2D eigenvalue weighted by molar-refractivity contribution is 0.307. The topological polar surface area (TPSA) is 75.6 Å². The predicted octanol–water partition coefficient (Wildman–Crippen LogP) is 3.49. The number of benzene rings is 2. The van der Waals surface area contributed by atoms with Crippen molar-refractivity contribution in [3.05, 3.63) is 53.1 Å². The van der Waals surface area contributed by atoms with Gasteiger partial charge in [-0.05, 0) is 44.0 Å². The number of nitrogens with one attached hydrogen (secondary N) is 1. The Bertz CT molecular complexity index is 776. The molecule has 24 heavy (non-hydrogen) atoms. The molecule has 2 aromatic rings. The fourth-order valence-electron chi connectivity index (χ4n) is 2.05. The molecule has 2 rings (SSSR count). The van der Waals surface area contributed by atoms with Gasteiger partial charge in [-0.25, -0.2) is 13.1 Å². The molecule has 0 aromatic heterocycles.